The van der Waals surface area contributed by atoms with Crippen LogP contribution in [0, 0.1) is 0 Å². The maximum atomic E-state index is 12.3. The number of anilines is 1. The first-order chi connectivity index (χ1) is 13.2. The van der Waals surface area contributed by atoms with E-state index in [2.05, 4.69) is 21.3 Å². The summed E-state index contributed by atoms with van der Waals surface area (Å²) in [5.74, 6) is -0.113. The number of nitrogens with zero attached hydrogens (tertiary/aromatic N) is 1. The number of methoxy groups -OCH3 is 1. The summed E-state index contributed by atoms with van der Waals surface area (Å²) in [5, 5.41) is 12.2. The molecule has 142 valence electrons. The van der Waals surface area contributed by atoms with E-state index in [1.807, 2.05) is 30.5 Å². The minimum atomic E-state index is -0.113. The molecule has 0 atom stereocenters. The van der Waals surface area contributed by atoms with Crippen molar-refractivity contribution < 1.29 is 14.6 Å². The Morgan fingerprint density at radius 3 is 2.81 bits per heavy atom. The third-order valence-electron chi connectivity index (χ3n) is 5.39. The van der Waals surface area contributed by atoms with Gasteiger partial charge in [0.05, 0.1) is 18.3 Å². The zero-order valence-electron chi connectivity index (χ0n) is 15.5. The normalized spacial score (nSPS) is 19.5. The molecule has 0 radical (unpaired) electrons. The molecule has 0 saturated carbocycles. The number of aliphatic hydroxyl groups excluding tert-OH is 1. The van der Waals surface area contributed by atoms with E-state index in [0.29, 0.717) is 11.7 Å². The second-order valence-electron chi connectivity index (χ2n) is 7.22. The molecule has 2 aliphatic rings. The van der Waals surface area contributed by atoms with Crippen LogP contribution in [0.2, 0.25) is 0 Å². The van der Waals surface area contributed by atoms with E-state index in [1.165, 1.54) is 5.56 Å². The summed E-state index contributed by atoms with van der Waals surface area (Å²) in [5.41, 5.74) is 5.16. The first-order valence-corrected chi connectivity index (χ1v) is 9.36. The smallest absolute Gasteiger partial charge is 0.256 e. The number of amides is 1. The fourth-order valence-electron chi connectivity index (χ4n) is 3.83. The van der Waals surface area contributed by atoms with Crippen LogP contribution in [0.25, 0.3) is 11.6 Å². The van der Waals surface area contributed by atoms with Crippen LogP contribution >= 0.6 is 0 Å². The zero-order chi connectivity index (χ0) is 18.8. The predicted molar refractivity (Wildman–Crippen MR) is 105 cm³/mol. The molecular formula is C21H25N3O3. The standard InChI is InChI=1S/C21H25N3O3/c1-27-17-4-6-24(7-5-17)12-15-8-16(22-11-15)10-19-18-9-14(13-25)2-3-20(18)23-21(19)26/h2-3,8-11,17,22,25H,4-7,12-13H2,1H3,(H,23,26). The highest BCUT2D eigenvalue weighted by molar-refractivity contribution is 6.34. The average molecular weight is 367 g/mol. The van der Waals surface area contributed by atoms with Gasteiger partial charge in [0.2, 0.25) is 0 Å². The Kier molecular flexibility index (Phi) is 5.11. The molecule has 6 heteroatoms. The number of H-pyrrole nitrogens is 1. The monoisotopic (exact) mass is 367 g/mol. The molecule has 1 saturated heterocycles. The van der Waals surface area contributed by atoms with Crippen molar-refractivity contribution in [3.05, 3.63) is 52.8 Å². The van der Waals surface area contributed by atoms with Gasteiger partial charge in [0.1, 0.15) is 0 Å². The molecule has 0 aliphatic carbocycles. The summed E-state index contributed by atoms with van der Waals surface area (Å²) in [7, 11) is 1.78. The molecule has 3 N–H and O–H groups in total. The van der Waals surface area contributed by atoms with E-state index in [1.54, 1.807) is 7.11 Å². The summed E-state index contributed by atoms with van der Waals surface area (Å²) in [6, 6.07) is 7.62. The third-order valence-corrected chi connectivity index (χ3v) is 5.39. The Morgan fingerprint density at radius 2 is 2.07 bits per heavy atom. The van der Waals surface area contributed by atoms with Crippen molar-refractivity contribution in [3.8, 4) is 0 Å². The number of hydrogen-bond acceptors (Lipinski definition) is 4. The fraction of sp³-hybridized carbons (Fsp3) is 0.381. The number of aromatic nitrogens is 1. The van der Waals surface area contributed by atoms with Gasteiger partial charge in [-0.25, -0.2) is 0 Å². The van der Waals surface area contributed by atoms with Gasteiger partial charge in [-0.05, 0) is 48.2 Å². The number of hydrogen-bond donors (Lipinski definition) is 3. The van der Waals surface area contributed by atoms with Crippen LogP contribution in [-0.2, 0) is 22.7 Å². The fourth-order valence-corrected chi connectivity index (χ4v) is 3.83. The molecule has 0 spiro atoms. The molecule has 0 bridgehead atoms. The second kappa shape index (κ2) is 7.68. The lowest BCUT2D eigenvalue weighted by atomic mass is 10.0. The number of nitrogens with one attached hydrogen (secondary N) is 2. The molecule has 1 fully saturated rings. The van der Waals surface area contributed by atoms with Gasteiger partial charge in [0, 0.05) is 49.9 Å². The zero-order valence-corrected chi connectivity index (χ0v) is 15.5. The quantitative estimate of drug-likeness (QED) is 0.710. The molecule has 3 heterocycles. The number of piperidine rings is 1. The van der Waals surface area contributed by atoms with Gasteiger partial charge < -0.3 is 20.1 Å². The van der Waals surface area contributed by atoms with Gasteiger partial charge in [-0.15, -0.1) is 0 Å². The highest BCUT2D eigenvalue weighted by Crippen LogP contribution is 2.33. The highest BCUT2D eigenvalue weighted by atomic mass is 16.5. The maximum Gasteiger partial charge on any atom is 0.256 e. The van der Waals surface area contributed by atoms with Crippen LogP contribution in [-0.4, -0.2) is 47.2 Å². The van der Waals surface area contributed by atoms with Crippen molar-refractivity contribution in [1.29, 1.82) is 0 Å². The van der Waals surface area contributed by atoms with E-state index in [0.717, 1.165) is 55.0 Å². The summed E-state index contributed by atoms with van der Waals surface area (Å²) in [4.78, 5) is 18.0. The molecule has 2 aliphatic heterocycles. The van der Waals surface area contributed by atoms with Crippen molar-refractivity contribution in [2.45, 2.75) is 32.1 Å². The Morgan fingerprint density at radius 1 is 1.26 bits per heavy atom. The Balaban J connectivity index is 1.49. The van der Waals surface area contributed by atoms with E-state index in [9.17, 15) is 9.90 Å². The molecular weight excluding hydrogens is 342 g/mol. The van der Waals surface area contributed by atoms with Crippen LogP contribution < -0.4 is 5.32 Å². The van der Waals surface area contributed by atoms with Crippen molar-refractivity contribution in [2.24, 2.45) is 0 Å². The minimum absolute atomic E-state index is 0.0405. The summed E-state index contributed by atoms with van der Waals surface area (Å²) >= 11 is 0. The number of carbonyl (C=O) groups is 1. The van der Waals surface area contributed by atoms with Crippen molar-refractivity contribution in [2.75, 3.05) is 25.5 Å². The second-order valence-corrected chi connectivity index (χ2v) is 7.22. The van der Waals surface area contributed by atoms with E-state index >= 15 is 0 Å². The van der Waals surface area contributed by atoms with Gasteiger partial charge in [0.15, 0.2) is 0 Å². The summed E-state index contributed by atoms with van der Waals surface area (Å²) < 4.78 is 5.43. The molecule has 1 amide bonds. The molecule has 4 rings (SSSR count). The Labute approximate surface area is 158 Å². The number of ether oxygens (including phenoxy) is 1. The lowest BCUT2D eigenvalue weighted by Gasteiger charge is -2.30. The molecule has 1 aromatic heterocycles. The topological polar surface area (TPSA) is 77.6 Å². The van der Waals surface area contributed by atoms with Gasteiger partial charge in [-0.1, -0.05) is 6.07 Å². The molecule has 27 heavy (non-hydrogen) atoms. The summed E-state index contributed by atoms with van der Waals surface area (Å²) in [6.45, 7) is 2.94. The lowest BCUT2D eigenvalue weighted by Crippen LogP contribution is -2.36. The number of benzene rings is 1. The van der Waals surface area contributed by atoms with Gasteiger partial charge in [-0.3, -0.25) is 9.69 Å². The SMILES string of the molecule is COC1CCN(Cc2c[nH]c(C=C3C(=O)Nc4ccc(CO)cc43)c2)CC1. The molecule has 2 aromatic rings. The average Bonchev–Trinajstić information content (AvgIpc) is 3.26. The van der Waals surface area contributed by atoms with E-state index in [4.69, 9.17) is 4.74 Å². The highest BCUT2D eigenvalue weighted by Gasteiger charge is 2.24. The molecule has 6 nitrogen and oxygen atoms in total. The van der Waals surface area contributed by atoms with Crippen LogP contribution in [0.1, 0.15) is 35.2 Å². The summed E-state index contributed by atoms with van der Waals surface area (Å²) in [6.07, 6.45) is 6.41. The number of fused-ring (bicyclic) bond motifs is 1. The number of likely N-dealkylation sites (tertiary alicyclic amines) is 1. The predicted octanol–water partition coefficient (Wildman–Crippen LogP) is 2.61. The Bertz CT molecular complexity index is 863. The third kappa shape index (κ3) is 3.83. The Hall–Kier alpha value is -2.41. The first kappa shape index (κ1) is 18.0. The maximum absolute atomic E-state index is 12.3. The number of carbonyl (C=O) groups excluding carboxylic acids is 1. The van der Waals surface area contributed by atoms with Crippen molar-refractivity contribution in [1.82, 2.24) is 9.88 Å². The largest absolute Gasteiger partial charge is 0.392 e. The number of aliphatic hydroxyl groups is 1. The van der Waals surface area contributed by atoms with E-state index < -0.39 is 0 Å². The molecule has 1 aromatic carbocycles. The van der Waals surface area contributed by atoms with E-state index in [-0.39, 0.29) is 12.5 Å². The number of rotatable bonds is 5. The minimum Gasteiger partial charge on any atom is -0.392 e. The molecule has 0 unspecified atom stereocenters. The number of aromatic amines is 1. The van der Waals surface area contributed by atoms with Gasteiger partial charge in [0.25, 0.3) is 5.91 Å². The van der Waals surface area contributed by atoms with Gasteiger partial charge in [-0.2, -0.15) is 0 Å². The van der Waals surface area contributed by atoms with Crippen LogP contribution in [0.3, 0.4) is 0 Å². The van der Waals surface area contributed by atoms with Crippen LogP contribution in [0.5, 0.6) is 0 Å². The lowest BCUT2D eigenvalue weighted by molar-refractivity contribution is -0.110. The van der Waals surface area contributed by atoms with Crippen molar-refractivity contribution >= 4 is 23.2 Å². The van der Waals surface area contributed by atoms with Crippen LogP contribution in [0.15, 0.2) is 30.5 Å². The first-order valence-electron chi connectivity index (χ1n) is 9.36. The van der Waals surface area contributed by atoms with Crippen molar-refractivity contribution in [3.63, 3.8) is 0 Å². The van der Waals surface area contributed by atoms with Gasteiger partial charge >= 0.3 is 0 Å². The van der Waals surface area contributed by atoms with Crippen LogP contribution in [0.4, 0.5) is 5.69 Å².